The zero-order valence-corrected chi connectivity index (χ0v) is 12.7. The first-order valence-corrected chi connectivity index (χ1v) is 7.53. The fourth-order valence-electron chi connectivity index (χ4n) is 2.89. The fourth-order valence-corrected chi connectivity index (χ4v) is 2.89. The van der Waals surface area contributed by atoms with Crippen LogP contribution >= 0.6 is 0 Å². The van der Waals surface area contributed by atoms with Crippen LogP contribution in [0.2, 0.25) is 0 Å². The second kappa shape index (κ2) is 5.49. The van der Waals surface area contributed by atoms with Gasteiger partial charge in [0, 0.05) is 29.4 Å². The van der Waals surface area contributed by atoms with Gasteiger partial charge in [0.05, 0.1) is 18.1 Å². The van der Waals surface area contributed by atoms with Crippen molar-refractivity contribution in [3.8, 4) is 11.5 Å². The number of benzene rings is 1. The molecule has 0 unspecified atom stereocenters. The number of anilines is 2. The van der Waals surface area contributed by atoms with E-state index >= 15 is 0 Å². The van der Waals surface area contributed by atoms with E-state index in [1.54, 1.807) is 30.5 Å². The van der Waals surface area contributed by atoms with Crippen molar-refractivity contribution in [2.75, 3.05) is 17.2 Å². The van der Waals surface area contributed by atoms with Gasteiger partial charge in [0.1, 0.15) is 11.5 Å². The van der Waals surface area contributed by atoms with Crippen molar-refractivity contribution in [1.82, 2.24) is 4.98 Å². The van der Waals surface area contributed by atoms with Crippen LogP contribution in [0.25, 0.3) is 11.5 Å². The summed E-state index contributed by atoms with van der Waals surface area (Å²) in [5, 5.41) is 0. The summed E-state index contributed by atoms with van der Waals surface area (Å²) in [5.41, 5.74) is 8.56. The van der Waals surface area contributed by atoms with E-state index in [-0.39, 0.29) is 5.91 Å². The number of aromatic nitrogens is 1. The highest BCUT2D eigenvalue weighted by Gasteiger charge is 2.28. The van der Waals surface area contributed by atoms with Crippen molar-refractivity contribution in [3.63, 3.8) is 0 Å². The standard InChI is InChI=1S/C18H14FN3O2/c19-13-9-15-16(21-10-13)17-11(6-8-24-17)5-7-22(15)18(23)12-1-3-14(20)4-2-12/h1-4,6,8-10H,5,7,20H2. The highest BCUT2D eigenvalue weighted by molar-refractivity contribution is 6.08. The van der Waals surface area contributed by atoms with Crippen LogP contribution in [0.1, 0.15) is 15.9 Å². The molecule has 6 heteroatoms. The molecule has 2 N–H and O–H groups in total. The maximum absolute atomic E-state index is 13.8. The van der Waals surface area contributed by atoms with E-state index in [1.165, 1.54) is 11.0 Å². The summed E-state index contributed by atoms with van der Waals surface area (Å²) >= 11 is 0. The van der Waals surface area contributed by atoms with E-state index in [0.29, 0.717) is 41.4 Å². The van der Waals surface area contributed by atoms with Crippen molar-refractivity contribution >= 4 is 17.3 Å². The molecule has 0 aliphatic carbocycles. The molecule has 2 aromatic heterocycles. The molecule has 24 heavy (non-hydrogen) atoms. The number of rotatable bonds is 1. The van der Waals surface area contributed by atoms with E-state index in [0.717, 1.165) is 11.8 Å². The third-order valence-electron chi connectivity index (χ3n) is 4.09. The lowest BCUT2D eigenvalue weighted by Crippen LogP contribution is -2.32. The van der Waals surface area contributed by atoms with Gasteiger partial charge < -0.3 is 15.1 Å². The minimum atomic E-state index is -0.501. The zero-order valence-electron chi connectivity index (χ0n) is 12.7. The van der Waals surface area contributed by atoms with Crippen molar-refractivity contribution in [2.24, 2.45) is 0 Å². The number of amides is 1. The average molecular weight is 323 g/mol. The summed E-state index contributed by atoms with van der Waals surface area (Å²) in [6, 6.07) is 9.81. The molecule has 0 radical (unpaired) electrons. The number of nitrogens with zero attached hydrogens (tertiary/aromatic N) is 2. The van der Waals surface area contributed by atoms with Crippen LogP contribution in [0, 0.1) is 5.82 Å². The van der Waals surface area contributed by atoms with E-state index in [2.05, 4.69) is 4.98 Å². The summed E-state index contributed by atoms with van der Waals surface area (Å²) in [7, 11) is 0. The Morgan fingerprint density at radius 3 is 2.83 bits per heavy atom. The fraction of sp³-hybridized carbons (Fsp3) is 0.111. The predicted octanol–water partition coefficient (Wildman–Crippen LogP) is 3.27. The highest BCUT2D eigenvalue weighted by Crippen LogP contribution is 2.36. The Labute approximate surface area is 137 Å². The first-order chi connectivity index (χ1) is 11.6. The van der Waals surface area contributed by atoms with Gasteiger partial charge in [-0.25, -0.2) is 9.37 Å². The molecule has 3 aromatic rings. The Morgan fingerprint density at radius 2 is 2.04 bits per heavy atom. The molecule has 120 valence electrons. The van der Waals surface area contributed by atoms with E-state index < -0.39 is 5.82 Å². The molecule has 1 aliphatic heterocycles. The normalized spacial score (nSPS) is 13.1. The molecule has 0 spiro atoms. The van der Waals surface area contributed by atoms with Gasteiger partial charge in [-0.15, -0.1) is 0 Å². The van der Waals surface area contributed by atoms with Crippen LogP contribution in [0.4, 0.5) is 15.8 Å². The van der Waals surface area contributed by atoms with Crippen LogP contribution in [0.15, 0.2) is 53.3 Å². The monoisotopic (exact) mass is 323 g/mol. The van der Waals surface area contributed by atoms with Gasteiger partial charge in [-0.3, -0.25) is 4.79 Å². The maximum Gasteiger partial charge on any atom is 0.258 e. The number of fused-ring (bicyclic) bond motifs is 3. The number of carbonyl (C=O) groups excluding carboxylic acids is 1. The van der Waals surface area contributed by atoms with E-state index in [1.807, 2.05) is 6.07 Å². The quantitative estimate of drug-likeness (QED) is 0.698. The van der Waals surface area contributed by atoms with Crippen LogP contribution in [-0.2, 0) is 6.42 Å². The average Bonchev–Trinajstić information content (AvgIpc) is 2.98. The molecule has 0 saturated heterocycles. The molecule has 4 rings (SSSR count). The highest BCUT2D eigenvalue weighted by atomic mass is 19.1. The van der Waals surface area contributed by atoms with E-state index in [4.69, 9.17) is 10.2 Å². The Morgan fingerprint density at radius 1 is 1.25 bits per heavy atom. The molecule has 0 saturated carbocycles. The minimum absolute atomic E-state index is 0.228. The van der Waals surface area contributed by atoms with Gasteiger partial charge in [-0.1, -0.05) is 0 Å². The molecule has 0 fully saturated rings. The Hall–Kier alpha value is -3.15. The second-order valence-corrected chi connectivity index (χ2v) is 5.63. The first kappa shape index (κ1) is 14.4. The van der Waals surface area contributed by atoms with Crippen molar-refractivity contribution < 1.29 is 13.6 Å². The number of nitrogens with two attached hydrogens (primary N) is 1. The largest absolute Gasteiger partial charge is 0.462 e. The Bertz CT molecular complexity index is 918. The maximum atomic E-state index is 13.8. The van der Waals surface area contributed by atoms with Crippen LogP contribution < -0.4 is 10.6 Å². The molecule has 1 amide bonds. The van der Waals surface area contributed by atoms with Gasteiger partial charge in [-0.05, 0) is 36.8 Å². The lowest BCUT2D eigenvalue weighted by Gasteiger charge is -2.22. The Balaban J connectivity index is 1.82. The number of halogens is 1. The summed E-state index contributed by atoms with van der Waals surface area (Å²) in [4.78, 5) is 18.6. The predicted molar refractivity (Wildman–Crippen MR) is 88.1 cm³/mol. The molecule has 5 nitrogen and oxygen atoms in total. The van der Waals surface area contributed by atoms with Gasteiger partial charge in [-0.2, -0.15) is 0 Å². The molecule has 0 atom stereocenters. The smallest absolute Gasteiger partial charge is 0.258 e. The van der Waals surface area contributed by atoms with Crippen LogP contribution in [0.3, 0.4) is 0 Å². The van der Waals surface area contributed by atoms with Gasteiger partial charge >= 0.3 is 0 Å². The van der Waals surface area contributed by atoms with Crippen molar-refractivity contribution in [1.29, 1.82) is 0 Å². The van der Waals surface area contributed by atoms with Crippen LogP contribution in [-0.4, -0.2) is 17.4 Å². The molecule has 0 bridgehead atoms. The first-order valence-electron chi connectivity index (χ1n) is 7.53. The Kier molecular flexibility index (Phi) is 3.30. The van der Waals surface area contributed by atoms with Gasteiger partial charge in [0.15, 0.2) is 5.76 Å². The summed E-state index contributed by atoms with van der Waals surface area (Å²) in [6.07, 6.45) is 3.31. The molecule has 1 aliphatic rings. The number of furan rings is 1. The SMILES string of the molecule is Nc1ccc(C(=O)N2CCc3ccoc3-c3ncc(F)cc32)cc1. The number of pyridine rings is 1. The number of hydrogen-bond donors (Lipinski definition) is 1. The molecule has 1 aromatic carbocycles. The minimum Gasteiger partial charge on any atom is -0.462 e. The lowest BCUT2D eigenvalue weighted by atomic mass is 10.1. The molecular weight excluding hydrogens is 309 g/mol. The third-order valence-corrected chi connectivity index (χ3v) is 4.09. The van der Waals surface area contributed by atoms with Crippen LogP contribution in [0.5, 0.6) is 0 Å². The van der Waals surface area contributed by atoms with Gasteiger partial charge in [0.25, 0.3) is 5.91 Å². The van der Waals surface area contributed by atoms with Crippen molar-refractivity contribution in [3.05, 3.63) is 65.8 Å². The summed E-state index contributed by atoms with van der Waals surface area (Å²) in [5.74, 6) is -0.148. The topological polar surface area (TPSA) is 72.4 Å². The number of carbonyl (C=O) groups is 1. The molecular formula is C18H14FN3O2. The summed E-state index contributed by atoms with van der Waals surface area (Å²) < 4.78 is 19.3. The van der Waals surface area contributed by atoms with E-state index in [9.17, 15) is 9.18 Å². The molecule has 3 heterocycles. The number of nitrogen functional groups attached to an aromatic ring is 1. The zero-order chi connectivity index (χ0) is 16.7. The number of hydrogen-bond acceptors (Lipinski definition) is 4. The lowest BCUT2D eigenvalue weighted by molar-refractivity contribution is 0.0987. The van der Waals surface area contributed by atoms with Crippen molar-refractivity contribution in [2.45, 2.75) is 6.42 Å². The third kappa shape index (κ3) is 2.32. The van der Waals surface area contributed by atoms with Gasteiger partial charge in [0.2, 0.25) is 0 Å². The summed E-state index contributed by atoms with van der Waals surface area (Å²) in [6.45, 7) is 0.411. The second-order valence-electron chi connectivity index (χ2n) is 5.63.